The lowest BCUT2D eigenvalue weighted by Gasteiger charge is -2.19. The third-order valence-corrected chi connectivity index (χ3v) is 2.64. The maximum Gasteiger partial charge on any atom is 0.142 e. The van der Waals surface area contributed by atoms with Gasteiger partial charge in [-0.25, -0.2) is 15.2 Å². The molecule has 18 heavy (non-hydrogen) atoms. The molecule has 0 unspecified atom stereocenters. The summed E-state index contributed by atoms with van der Waals surface area (Å²) >= 11 is 0. The van der Waals surface area contributed by atoms with E-state index in [2.05, 4.69) is 10.4 Å². The Balaban J connectivity index is 2.16. The van der Waals surface area contributed by atoms with E-state index in [1.807, 2.05) is 30.1 Å². The fraction of sp³-hybridized carbons (Fsp3) is 0.154. The van der Waals surface area contributed by atoms with Gasteiger partial charge < -0.3 is 10.3 Å². The van der Waals surface area contributed by atoms with E-state index >= 15 is 0 Å². The number of hydrogen-bond donors (Lipinski definition) is 2. The molecule has 0 aliphatic rings. The van der Waals surface area contributed by atoms with Crippen LogP contribution in [0.5, 0.6) is 0 Å². The van der Waals surface area contributed by atoms with Crippen LogP contribution >= 0.6 is 0 Å². The summed E-state index contributed by atoms with van der Waals surface area (Å²) in [7, 11) is 1.86. The Morgan fingerprint density at radius 2 is 2.00 bits per heavy atom. The van der Waals surface area contributed by atoms with E-state index in [0.717, 1.165) is 5.82 Å². The third-order valence-electron chi connectivity index (χ3n) is 2.64. The molecule has 1 aromatic carbocycles. The van der Waals surface area contributed by atoms with Crippen molar-refractivity contribution in [1.29, 1.82) is 0 Å². The van der Waals surface area contributed by atoms with Gasteiger partial charge in [-0.05, 0) is 18.2 Å². The van der Waals surface area contributed by atoms with Crippen LogP contribution < -0.4 is 16.2 Å². The molecule has 1 aromatic heterocycles. The van der Waals surface area contributed by atoms with Crippen molar-refractivity contribution in [3.63, 3.8) is 0 Å². The van der Waals surface area contributed by atoms with E-state index < -0.39 is 0 Å². The molecule has 0 radical (unpaired) electrons. The molecule has 4 nitrogen and oxygen atoms in total. The van der Waals surface area contributed by atoms with E-state index in [9.17, 15) is 4.39 Å². The van der Waals surface area contributed by atoms with E-state index in [-0.39, 0.29) is 5.82 Å². The van der Waals surface area contributed by atoms with Gasteiger partial charge in [0.25, 0.3) is 0 Å². The second-order valence-electron chi connectivity index (χ2n) is 3.97. The van der Waals surface area contributed by atoms with Crippen LogP contribution in [0.25, 0.3) is 0 Å². The van der Waals surface area contributed by atoms with Crippen molar-refractivity contribution in [2.45, 2.75) is 6.54 Å². The molecular formula is C13H15FN4. The van der Waals surface area contributed by atoms with Gasteiger partial charge in [-0.1, -0.05) is 24.3 Å². The van der Waals surface area contributed by atoms with E-state index in [1.54, 1.807) is 18.2 Å². The van der Waals surface area contributed by atoms with Crippen molar-refractivity contribution in [3.05, 3.63) is 53.8 Å². The zero-order valence-electron chi connectivity index (χ0n) is 10.1. The maximum atomic E-state index is 13.5. The van der Waals surface area contributed by atoms with Crippen molar-refractivity contribution in [3.8, 4) is 0 Å². The molecule has 0 amide bonds. The molecule has 2 rings (SSSR count). The van der Waals surface area contributed by atoms with Gasteiger partial charge in [-0.3, -0.25) is 0 Å². The van der Waals surface area contributed by atoms with Gasteiger partial charge in [-0.2, -0.15) is 0 Å². The van der Waals surface area contributed by atoms with Crippen LogP contribution in [-0.4, -0.2) is 12.0 Å². The van der Waals surface area contributed by atoms with Gasteiger partial charge in [0.2, 0.25) is 0 Å². The molecule has 3 N–H and O–H groups in total. The molecule has 94 valence electrons. The number of pyridine rings is 1. The Labute approximate surface area is 105 Å². The summed E-state index contributed by atoms with van der Waals surface area (Å²) in [4.78, 5) is 6.14. The van der Waals surface area contributed by atoms with Gasteiger partial charge in [0.1, 0.15) is 17.5 Å². The lowest BCUT2D eigenvalue weighted by molar-refractivity contribution is 0.607. The first-order valence-electron chi connectivity index (χ1n) is 5.59. The van der Waals surface area contributed by atoms with Crippen molar-refractivity contribution in [2.24, 2.45) is 5.84 Å². The number of benzene rings is 1. The SMILES string of the molecule is CN(Cc1ccccc1F)c1cccc(NN)n1. The number of halogens is 1. The second-order valence-corrected chi connectivity index (χ2v) is 3.97. The Hall–Kier alpha value is -2.14. The lowest BCUT2D eigenvalue weighted by atomic mass is 10.2. The molecule has 5 heteroatoms. The van der Waals surface area contributed by atoms with Crippen molar-refractivity contribution >= 4 is 11.6 Å². The lowest BCUT2D eigenvalue weighted by Crippen LogP contribution is -2.19. The van der Waals surface area contributed by atoms with Crippen LogP contribution in [0, 0.1) is 5.82 Å². The summed E-state index contributed by atoms with van der Waals surface area (Å²) < 4.78 is 13.5. The Morgan fingerprint density at radius 1 is 1.22 bits per heavy atom. The number of rotatable bonds is 4. The first-order chi connectivity index (χ1) is 8.70. The largest absolute Gasteiger partial charge is 0.355 e. The van der Waals surface area contributed by atoms with Crippen molar-refractivity contribution in [1.82, 2.24) is 4.98 Å². The van der Waals surface area contributed by atoms with Crippen LogP contribution in [0.2, 0.25) is 0 Å². The topological polar surface area (TPSA) is 54.2 Å². The van der Waals surface area contributed by atoms with Gasteiger partial charge in [0, 0.05) is 19.2 Å². The zero-order chi connectivity index (χ0) is 13.0. The molecule has 0 saturated heterocycles. The van der Waals surface area contributed by atoms with E-state index in [4.69, 9.17) is 5.84 Å². The number of anilines is 2. The summed E-state index contributed by atoms with van der Waals surface area (Å²) in [6.07, 6.45) is 0. The third kappa shape index (κ3) is 2.75. The zero-order valence-corrected chi connectivity index (χ0v) is 10.1. The predicted molar refractivity (Wildman–Crippen MR) is 70.6 cm³/mol. The van der Waals surface area contributed by atoms with Crippen LogP contribution in [0.4, 0.5) is 16.0 Å². The first kappa shape index (κ1) is 12.3. The summed E-state index contributed by atoms with van der Waals surface area (Å²) in [5.41, 5.74) is 3.12. The van der Waals surface area contributed by atoms with Crippen molar-refractivity contribution < 1.29 is 4.39 Å². The van der Waals surface area contributed by atoms with Gasteiger partial charge in [0.15, 0.2) is 0 Å². The summed E-state index contributed by atoms with van der Waals surface area (Å²) in [5, 5.41) is 0. The average molecular weight is 246 g/mol. The highest BCUT2D eigenvalue weighted by atomic mass is 19.1. The van der Waals surface area contributed by atoms with Gasteiger partial charge >= 0.3 is 0 Å². The molecule has 0 fully saturated rings. The molecule has 1 heterocycles. The number of nitrogens with zero attached hydrogens (tertiary/aromatic N) is 2. The highest BCUT2D eigenvalue weighted by Crippen LogP contribution is 2.16. The first-order valence-corrected chi connectivity index (χ1v) is 5.59. The molecule has 0 aliphatic carbocycles. The minimum Gasteiger partial charge on any atom is -0.355 e. The monoisotopic (exact) mass is 246 g/mol. The molecular weight excluding hydrogens is 231 g/mol. The fourth-order valence-corrected chi connectivity index (χ4v) is 1.68. The predicted octanol–water partition coefficient (Wildman–Crippen LogP) is 2.14. The average Bonchev–Trinajstić information content (AvgIpc) is 2.41. The van der Waals surface area contributed by atoms with Crippen molar-refractivity contribution in [2.75, 3.05) is 17.4 Å². The molecule has 2 aromatic rings. The number of nitrogens with one attached hydrogen (secondary N) is 1. The molecule has 0 bridgehead atoms. The molecule has 0 aliphatic heterocycles. The normalized spacial score (nSPS) is 10.2. The van der Waals surface area contributed by atoms with Gasteiger partial charge in [0.05, 0.1) is 0 Å². The molecule has 0 saturated carbocycles. The van der Waals surface area contributed by atoms with Crippen LogP contribution in [0.1, 0.15) is 5.56 Å². The number of hydrogen-bond acceptors (Lipinski definition) is 4. The number of nitrogens with two attached hydrogens (primary N) is 1. The highest BCUT2D eigenvalue weighted by molar-refractivity contribution is 5.46. The Kier molecular flexibility index (Phi) is 3.74. The molecule has 0 atom stereocenters. The summed E-state index contributed by atoms with van der Waals surface area (Å²) in [6.45, 7) is 0.452. The minimum atomic E-state index is -0.211. The van der Waals surface area contributed by atoms with E-state index in [1.165, 1.54) is 6.07 Å². The minimum absolute atomic E-state index is 0.211. The number of hydrazine groups is 1. The van der Waals surface area contributed by atoms with Gasteiger partial charge in [-0.15, -0.1) is 0 Å². The fourth-order valence-electron chi connectivity index (χ4n) is 1.68. The molecule has 0 spiro atoms. The van der Waals surface area contributed by atoms with Crippen LogP contribution in [-0.2, 0) is 6.54 Å². The number of nitrogen functional groups attached to an aromatic ring is 1. The number of aromatic nitrogens is 1. The highest BCUT2D eigenvalue weighted by Gasteiger charge is 2.07. The van der Waals surface area contributed by atoms with Crippen LogP contribution in [0.15, 0.2) is 42.5 Å². The summed E-state index contributed by atoms with van der Waals surface area (Å²) in [6, 6.07) is 12.2. The quantitative estimate of drug-likeness (QED) is 0.641. The second kappa shape index (κ2) is 5.46. The maximum absolute atomic E-state index is 13.5. The van der Waals surface area contributed by atoms with E-state index in [0.29, 0.717) is 17.9 Å². The summed E-state index contributed by atoms with van der Waals surface area (Å²) in [5.74, 6) is 6.40. The van der Waals surface area contributed by atoms with Crippen LogP contribution in [0.3, 0.4) is 0 Å². The smallest absolute Gasteiger partial charge is 0.142 e. The Bertz CT molecular complexity index is 530. The Morgan fingerprint density at radius 3 is 2.72 bits per heavy atom. The standard InChI is InChI=1S/C13H15FN4/c1-18(9-10-5-2-3-6-11(10)14)13-8-4-7-12(16-13)17-15/h2-8H,9,15H2,1H3,(H,16,17).